The molecule has 0 saturated heterocycles. The Balaban J connectivity index is 2.28. The topological polar surface area (TPSA) is 60.0 Å². The first-order valence-corrected chi connectivity index (χ1v) is 6.91. The minimum Gasteiger partial charge on any atom is -0.397 e. The molecule has 0 aliphatic rings. The highest BCUT2D eigenvalue weighted by Gasteiger charge is 2.16. The number of nitrogens with zero attached hydrogens (tertiary/aromatic N) is 1. The predicted octanol–water partition coefficient (Wildman–Crippen LogP) is 3.81. The number of aromatic nitrogens is 1. The molecule has 0 atom stereocenters. The predicted molar refractivity (Wildman–Crippen MR) is 81.3 cm³/mol. The number of halogens is 2. The van der Waals surface area contributed by atoms with Gasteiger partial charge in [0.15, 0.2) is 0 Å². The number of carbonyl (C=O) groups excluding carboxylic acids is 1. The number of nitrogen functional groups attached to an aromatic ring is 1. The van der Waals surface area contributed by atoms with Gasteiger partial charge in [-0.25, -0.2) is 4.39 Å². The van der Waals surface area contributed by atoms with Crippen molar-refractivity contribution in [1.29, 1.82) is 0 Å². The summed E-state index contributed by atoms with van der Waals surface area (Å²) in [4.78, 5) is 12.3. The van der Waals surface area contributed by atoms with E-state index in [0.29, 0.717) is 21.5 Å². The molecule has 4 nitrogen and oxygen atoms in total. The Hall–Kier alpha value is -1.82. The van der Waals surface area contributed by atoms with Crippen LogP contribution in [0.3, 0.4) is 0 Å². The Bertz CT molecular complexity index is 652. The van der Waals surface area contributed by atoms with E-state index in [2.05, 4.69) is 21.2 Å². The lowest BCUT2D eigenvalue weighted by molar-refractivity contribution is 0.101. The first kappa shape index (κ1) is 14.6. The van der Waals surface area contributed by atoms with Crippen molar-refractivity contribution in [3.8, 4) is 0 Å². The Morgan fingerprint density at radius 1 is 1.40 bits per heavy atom. The number of benzene rings is 1. The van der Waals surface area contributed by atoms with Crippen molar-refractivity contribution in [2.24, 2.45) is 0 Å². The van der Waals surface area contributed by atoms with Crippen molar-refractivity contribution in [3.05, 3.63) is 46.4 Å². The van der Waals surface area contributed by atoms with Crippen LogP contribution in [0, 0.1) is 5.82 Å². The largest absolute Gasteiger partial charge is 0.397 e. The van der Waals surface area contributed by atoms with Gasteiger partial charge in [0.2, 0.25) is 0 Å². The first-order valence-electron chi connectivity index (χ1n) is 6.12. The first-order chi connectivity index (χ1) is 9.38. The Morgan fingerprint density at radius 2 is 2.10 bits per heavy atom. The zero-order chi connectivity index (χ0) is 14.9. The molecular formula is C14H15BrFN3O. The number of nitrogens with one attached hydrogen (secondary N) is 1. The zero-order valence-corrected chi connectivity index (χ0v) is 12.7. The average molecular weight is 340 g/mol. The van der Waals surface area contributed by atoms with Crippen molar-refractivity contribution in [3.63, 3.8) is 0 Å². The number of anilines is 2. The van der Waals surface area contributed by atoms with Gasteiger partial charge in [-0.2, -0.15) is 0 Å². The number of rotatable bonds is 3. The lowest BCUT2D eigenvalue weighted by Gasteiger charge is -2.13. The maximum Gasteiger partial charge on any atom is 0.272 e. The van der Waals surface area contributed by atoms with Crippen LogP contribution in [-0.4, -0.2) is 10.5 Å². The quantitative estimate of drug-likeness (QED) is 0.893. The summed E-state index contributed by atoms with van der Waals surface area (Å²) in [6.07, 6.45) is 1.72. The van der Waals surface area contributed by atoms with E-state index >= 15 is 0 Å². The van der Waals surface area contributed by atoms with Crippen LogP contribution in [0.15, 0.2) is 34.9 Å². The summed E-state index contributed by atoms with van der Waals surface area (Å²) in [5.74, 6) is -0.660. The van der Waals surface area contributed by atoms with Crippen LogP contribution in [-0.2, 0) is 0 Å². The smallest absolute Gasteiger partial charge is 0.272 e. The van der Waals surface area contributed by atoms with E-state index in [1.165, 1.54) is 18.2 Å². The highest BCUT2D eigenvalue weighted by atomic mass is 79.9. The van der Waals surface area contributed by atoms with Crippen LogP contribution in [0.25, 0.3) is 0 Å². The standard InChI is InChI=1S/C14H15BrFN3O/c1-8(2)19-7-10(17)6-13(19)14(20)18-12-4-3-9(16)5-11(12)15/h3-8H,17H2,1-2H3,(H,18,20). The molecule has 1 heterocycles. The van der Waals surface area contributed by atoms with E-state index in [9.17, 15) is 9.18 Å². The fourth-order valence-electron chi connectivity index (χ4n) is 1.89. The molecule has 0 saturated carbocycles. The number of hydrogen-bond acceptors (Lipinski definition) is 2. The number of nitrogens with two attached hydrogens (primary N) is 1. The number of hydrogen-bond donors (Lipinski definition) is 2. The maximum absolute atomic E-state index is 13.0. The fourth-order valence-corrected chi connectivity index (χ4v) is 2.34. The number of carbonyl (C=O) groups is 1. The summed E-state index contributed by atoms with van der Waals surface area (Å²) in [5, 5.41) is 2.73. The number of amides is 1. The Kier molecular flexibility index (Phi) is 4.13. The fraction of sp³-hybridized carbons (Fsp3) is 0.214. The lowest BCUT2D eigenvalue weighted by Crippen LogP contribution is -2.18. The summed E-state index contributed by atoms with van der Waals surface area (Å²) in [5.41, 5.74) is 7.24. The summed E-state index contributed by atoms with van der Waals surface area (Å²) < 4.78 is 15.3. The third-order valence-corrected chi connectivity index (χ3v) is 3.49. The average Bonchev–Trinajstić information content (AvgIpc) is 2.75. The molecule has 0 spiro atoms. The second-order valence-corrected chi connectivity index (χ2v) is 5.59. The third kappa shape index (κ3) is 3.01. The molecule has 20 heavy (non-hydrogen) atoms. The Morgan fingerprint density at radius 3 is 2.70 bits per heavy atom. The molecule has 3 N–H and O–H groups in total. The summed E-state index contributed by atoms with van der Waals surface area (Å²) in [7, 11) is 0. The van der Waals surface area contributed by atoms with Crippen molar-refractivity contribution >= 4 is 33.2 Å². The monoisotopic (exact) mass is 339 g/mol. The normalized spacial score (nSPS) is 10.8. The summed E-state index contributed by atoms with van der Waals surface area (Å²) in [6, 6.07) is 5.82. The highest BCUT2D eigenvalue weighted by Crippen LogP contribution is 2.24. The van der Waals surface area contributed by atoms with Gasteiger partial charge in [0.25, 0.3) is 5.91 Å². The maximum atomic E-state index is 13.0. The second kappa shape index (κ2) is 5.66. The van der Waals surface area contributed by atoms with Gasteiger partial charge in [-0.15, -0.1) is 0 Å². The van der Waals surface area contributed by atoms with Crippen LogP contribution in [0.1, 0.15) is 30.4 Å². The van der Waals surface area contributed by atoms with Crippen LogP contribution < -0.4 is 11.1 Å². The molecule has 0 radical (unpaired) electrons. The van der Waals surface area contributed by atoms with Crippen LogP contribution >= 0.6 is 15.9 Å². The van der Waals surface area contributed by atoms with Crippen LogP contribution in [0.2, 0.25) is 0 Å². The van der Waals surface area contributed by atoms with Crippen LogP contribution in [0.5, 0.6) is 0 Å². The molecule has 6 heteroatoms. The lowest BCUT2D eigenvalue weighted by atomic mass is 10.3. The minimum atomic E-state index is -0.371. The van der Waals surface area contributed by atoms with E-state index in [4.69, 9.17) is 5.73 Å². The van der Waals surface area contributed by atoms with Crippen molar-refractivity contribution in [1.82, 2.24) is 4.57 Å². The molecule has 1 aromatic carbocycles. The Labute approximate surface area is 124 Å². The van der Waals surface area contributed by atoms with Gasteiger partial charge in [-0.05, 0) is 54.0 Å². The molecule has 0 aliphatic heterocycles. The molecule has 0 bridgehead atoms. The van der Waals surface area contributed by atoms with E-state index < -0.39 is 0 Å². The summed E-state index contributed by atoms with van der Waals surface area (Å²) >= 11 is 3.21. The molecule has 106 valence electrons. The molecule has 2 aromatic rings. The molecule has 1 amide bonds. The second-order valence-electron chi connectivity index (χ2n) is 4.74. The SMILES string of the molecule is CC(C)n1cc(N)cc1C(=O)Nc1ccc(F)cc1Br. The van der Waals surface area contributed by atoms with Gasteiger partial charge in [-0.3, -0.25) is 4.79 Å². The molecule has 0 fully saturated rings. The van der Waals surface area contributed by atoms with Crippen molar-refractivity contribution in [2.45, 2.75) is 19.9 Å². The third-order valence-electron chi connectivity index (χ3n) is 2.84. The molecule has 1 aromatic heterocycles. The van der Waals surface area contributed by atoms with Crippen molar-refractivity contribution < 1.29 is 9.18 Å². The van der Waals surface area contributed by atoms with E-state index in [-0.39, 0.29) is 17.8 Å². The van der Waals surface area contributed by atoms with E-state index in [1.807, 2.05) is 13.8 Å². The molecule has 0 unspecified atom stereocenters. The van der Waals surface area contributed by atoms with Gasteiger partial charge < -0.3 is 15.6 Å². The van der Waals surface area contributed by atoms with Crippen molar-refractivity contribution in [2.75, 3.05) is 11.1 Å². The minimum absolute atomic E-state index is 0.115. The van der Waals surface area contributed by atoms with E-state index in [0.717, 1.165) is 0 Å². The molecular weight excluding hydrogens is 325 g/mol. The van der Waals surface area contributed by atoms with Gasteiger partial charge in [-0.1, -0.05) is 0 Å². The van der Waals surface area contributed by atoms with E-state index in [1.54, 1.807) is 16.8 Å². The van der Waals surface area contributed by atoms with Gasteiger partial charge in [0, 0.05) is 16.7 Å². The van der Waals surface area contributed by atoms with Crippen LogP contribution in [0.4, 0.5) is 15.8 Å². The summed E-state index contributed by atoms with van der Waals surface area (Å²) in [6.45, 7) is 3.92. The zero-order valence-electron chi connectivity index (χ0n) is 11.2. The van der Waals surface area contributed by atoms with Gasteiger partial charge in [0.1, 0.15) is 11.5 Å². The van der Waals surface area contributed by atoms with Gasteiger partial charge >= 0.3 is 0 Å². The molecule has 2 rings (SSSR count). The molecule has 0 aliphatic carbocycles. The van der Waals surface area contributed by atoms with Gasteiger partial charge in [0.05, 0.1) is 11.4 Å². The highest BCUT2D eigenvalue weighted by molar-refractivity contribution is 9.10.